The van der Waals surface area contributed by atoms with E-state index in [1.165, 1.54) is 44.9 Å². The largest absolute Gasteiger partial charge is 0.507 e. The van der Waals surface area contributed by atoms with Crippen molar-refractivity contribution in [2.45, 2.75) is 77.2 Å². The summed E-state index contributed by atoms with van der Waals surface area (Å²) in [5.41, 5.74) is 1.31. The van der Waals surface area contributed by atoms with Gasteiger partial charge in [-0.1, -0.05) is 76.8 Å². The topological polar surface area (TPSA) is 76.1 Å². The Morgan fingerprint density at radius 1 is 0.811 bits per heavy atom. The summed E-state index contributed by atoms with van der Waals surface area (Å²) in [7, 11) is 3.15. The molecule has 1 atom stereocenters. The minimum absolute atomic E-state index is 0.107. The molecule has 0 saturated carbocycles. The minimum atomic E-state index is -0.671. The lowest BCUT2D eigenvalue weighted by molar-refractivity contribution is -0.139. The van der Waals surface area contributed by atoms with Gasteiger partial charge in [-0.3, -0.25) is 9.59 Å². The van der Waals surface area contributed by atoms with Crippen LogP contribution in [0.15, 0.2) is 54.1 Å². The predicted octanol–water partition coefficient (Wildman–Crippen LogP) is 7.05. The molecule has 0 aromatic heterocycles. The molecule has 1 heterocycles. The highest BCUT2D eigenvalue weighted by molar-refractivity contribution is 6.46. The summed E-state index contributed by atoms with van der Waals surface area (Å²) >= 11 is 0. The number of carbonyl (C=O) groups is 2. The smallest absolute Gasteiger partial charge is 0.295 e. The molecule has 0 radical (unpaired) electrons. The predicted molar refractivity (Wildman–Crippen MR) is 147 cm³/mol. The average molecular weight is 508 g/mol. The van der Waals surface area contributed by atoms with E-state index in [1.54, 1.807) is 43.4 Å². The van der Waals surface area contributed by atoms with Crippen molar-refractivity contribution in [3.05, 3.63) is 65.2 Å². The maximum atomic E-state index is 13.2. The van der Waals surface area contributed by atoms with Gasteiger partial charge in [0, 0.05) is 12.1 Å². The van der Waals surface area contributed by atoms with Gasteiger partial charge in [-0.15, -0.1) is 0 Å². The highest BCUT2D eigenvalue weighted by Crippen LogP contribution is 2.40. The fourth-order valence-corrected chi connectivity index (χ4v) is 4.94. The molecule has 0 bridgehead atoms. The molecule has 6 heteroatoms. The zero-order chi connectivity index (χ0) is 26.6. The lowest BCUT2D eigenvalue weighted by atomic mass is 9.95. The molecule has 6 nitrogen and oxygen atoms in total. The van der Waals surface area contributed by atoms with Crippen LogP contribution in [0.25, 0.3) is 5.76 Å². The van der Waals surface area contributed by atoms with Crippen molar-refractivity contribution in [2.24, 2.45) is 0 Å². The summed E-state index contributed by atoms with van der Waals surface area (Å²) in [4.78, 5) is 28.0. The van der Waals surface area contributed by atoms with Crippen LogP contribution in [-0.2, 0) is 9.59 Å². The standard InChI is InChI=1S/C31H41NO5/c1-4-5-6-7-8-9-10-11-12-13-21-32-28(24-15-14-16-26(22-24)37-3)27(30(34)31(32)35)29(33)23-17-19-25(36-2)20-18-23/h14-20,22,28,33H,4-13,21H2,1-3H3/b29-27-. The average Bonchev–Trinajstić information content (AvgIpc) is 3.18. The number of aliphatic hydroxyl groups excluding tert-OH is 1. The second kappa shape index (κ2) is 14.5. The van der Waals surface area contributed by atoms with Crippen LogP contribution in [0.1, 0.15) is 88.3 Å². The highest BCUT2D eigenvalue weighted by atomic mass is 16.5. The van der Waals surface area contributed by atoms with Crippen LogP contribution in [0.4, 0.5) is 0 Å². The van der Waals surface area contributed by atoms with Gasteiger partial charge in [-0.05, 0) is 48.4 Å². The number of unbranched alkanes of at least 4 members (excludes halogenated alkanes) is 9. The number of Topliss-reactive ketones (excluding diaryl/α,β-unsaturated/α-hetero) is 1. The number of nitrogens with zero attached hydrogens (tertiary/aromatic N) is 1. The van der Waals surface area contributed by atoms with Gasteiger partial charge in [0.25, 0.3) is 11.7 Å². The quantitative estimate of drug-likeness (QED) is 0.121. The minimum Gasteiger partial charge on any atom is -0.507 e. The first-order valence-corrected chi connectivity index (χ1v) is 13.6. The van der Waals surface area contributed by atoms with Gasteiger partial charge in [-0.25, -0.2) is 0 Å². The molecule has 3 rings (SSSR count). The second-order valence-electron chi connectivity index (χ2n) is 9.68. The van der Waals surface area contributed by atoms with Crippen molar-refractivity contribution in [3.8, 4) is 11.5 Å². The number of ketones is 1. The van der Waals surface area contributed by atoms with Crippen LogP contribution < -0.4 is 9.47 Å². The number of rotatable bonds is 15. The SMILES string of the molecule is CCCCCCCCCCCCN1C(=O)C(=O)/C(=C(\O)c2ccc(OC)cc2)C1c1cccc(OC)c1. The lowest BCUT2D eigenvalue weighted by Gasteiger charge is -2.25. The molecule has 1 unspecified atom stereocenters. The molecule has 2 aromatic carbocycles. The van der Waals surface area contributed by atoms with Crippen molar-refractivity contribution in [3.63, 3.8) is 0 Å². The summed E-state index contributed by atoms with van der Waals surface area (Å²) in [6.07, 6.45) is 11.9. The Kier molecular flexibility index (Phi) is 11.1. The molecule has 0 spiro atoms. The lowest BCUT2D eigenvalue weighted by Crippen LogP contribution is -2.30. The van der Waals surface area contributed by atoms with Gasteiger partial charge in [-0.2, -0.15) is 0 Å². The first-order chi connectivity index (χ1) is 18.0. The second-order valence-corrected chi connectivity index (χ2v) is 9.68. The number of hydrogen-bond donors (Lipinski definition) is 1. The van der Waals surface area contributed by atoms with Crippen molar-refractivity contribution in [1.29, 1.82) is 0 Å². The summed E-state index contributed by atoms with van der Waals surface area (Å²) in [6, 6.07) is 13.5. The van der Waals surface area contributed by atoms with E-state index in [4.69, 9.17) is 9.47 Å². The van der Waals surface area contributed by atoms with Gasteiger partial charge >= 0.3 is 0 Å². The first-order valence-electron chi connectivity index (χ1n) is 13.6. The fraction of sp³-hybridized carbons (Fsp3) is 0.484. The van der Waals surface area contributed by atoms with Crippen LogP contribution in [0.3, 0.4) is 0 Å². The molecule has 1 amide bonds. The number of hydrogen-bond acceptors (Lipinski definition) is 5. The monoisotopic (exact) mass is 507 g/mol. The molecule has 200 valence electrons. The Hall–Kier alpha value is -3.28. The van der Waals surface area contributed by atoms with E-state index in [2.05, 4.69) is 6.92 Å². The van der Waals surface area contributed by atoms with Crippen LogP contribution >= 0.6 is 0 Å². The number of likely N-dealkylation sites (tertiary alicyclic amines) is 1. The van der Waals surface area contributed by atoms with Crippen molar-refractivity contribution < 1.29 is 24.2 Å². The first kappa shape index (κ1) is 28.3. The van der Waals surface area contributed by atoms with Crippen molar-refractivity contribution in [1.82, 2.24) is 4.90 Å². The Labute approximate surface area is 221 Å². The molecular weight excluding hydrogens is 466 g/mol. The Morgan fingerprint density at radius 2 is 1.41 bits per heavy atom. The van der Waals surface area contributed by atoms with E-state index in [0.29, 0.717) is 23.6 Å². The van der Waals surface area contributed by atoms with E-state index in [-0.39, 0.29) is 11.3 Å². The van der Waals surface area contributed by atoms with Gasteiger partial charge in [0.05, 0.1) is 25.8 Å². The van der Waals surface area contributed by atoms with Crippen LogP contribution in [0.2, 0.25) is 0 Å². The molecular formula is C31H41NO5. The Balaban J connectivity index is 1.76. The number of aliphatic hydroxyl groups is 1. The van der Waals surface area contributed by atoms with Crippen molar-refractivity contribution >= 4 is 17.4 Å². The maximum Gasteiger partial charge on any atom is 0.295 e. The van der Waals surface area contributed by atoms with Crippen LogP contribution in [0, 0.1) is 0 Å². The van der Waals surface area contributed by atoms with E-state index in [1.807, 2.05) is 24.3 Å². The summed E-state index contributed by atoms with van der Waals surface area (Å²) < 4.78 is 10.6. The summed E-state index contributed by atoms with van der Waals surface area (Å²) in [6.45, 7) is 2.69. The molecule has 37 heavy (non-hydrogen) atoms. The van der Waals surface area contributed by atoms with Crippen molar-refractivity contribution in [2.75, 3.05) is 20.8 Å². The molecule has 1 saturated heterocycles. The number of benzene rings is 2. The number of amides is 1. The van der Waals surface area contributed by atoms with Crippen LogP contribution in [-0.4, -0.2) is 42.5 Å². The molecule has 1 aliphatic rings. The van der Waals surface area contributed by atoms with Crippen LogP contribution in [0.5, 0.6) is 11.5 Å². The highest BCUT2D eigenvalue weighted by Gasteiger charge is 2.45. The Bertz CT molecular complexity index is 1060. The summed E-state index contributed by atoms with van der Waals surface area (Å²) in [5.74, 6) is -0.139. The third kappa shape index (κ3) is 7.37. The summed E-state index contributed by atoms with van der Waals surface area (Å²) in [5, 5.41) is 11.2. The zero-order valence-corrected chi connectivity index (χ0v) is 22.5. The van der Waals surface area contributed by atoms with E-state index < -0.39 is 17.7 Å². The third-order valence-corrected chi connectivity index (χ3v) is 7.07. The molecule has 1 fully saturated rings. The molecule has 2 aromatic rings. The van der Waals surface area contributed by atoms with E-state index in [9.17, 15) is 14.7 Å². The number of methoxy groups -OCH3 is 2. The van der Waals surface area contributed by atoms with E-state index in [0.717, 1.165) is 24.8 Å². The number of carbonyl (C=O) groups excluding carboxylic acids is 2. The van der Waals surface area contributed by atoms with Gasteiger partial charge in [0.2, 0.25) is 0 Å². The normalized spacial score (nSPS) is 16.8. The maximum absolute atomic E-state index is 13.2. The third-order valence-electron chi connectivity index (χ3n) is 7.07. The number of ether oxygens (including phenoxy) is 2. The van der Waals surface area contributed by atoms with Gasteiger partial charge < -0.3 is 19.5 Å². The molecule has 1 N–H and O–H groups in total. The van der Waals surface area contributed by atoms with E-state index >= 15 is 0 Å². The van der Waals surface area contributed by atoms with Gasteiger partial charge in [0.1, 0.15) is 17.3 Å². The molecule has 0 aliphatic carbocycles. The molecule has 1 aliphatic heterocycles. The van der Waals surface area contributed by atoms with Gasteiger partial charge in [0.15, 0.2) is 0 Å². The zero-order valence-electron chi connectivity index (χ0n) is 22.5. The Morgan fingerprint density at radius 3 is 2.00 bits per heavy atom. The fourth-order valence-electron chi connectivity index (χ4n) is 4.94.